The zero-order valence-electron chi connectivity index (χ0n) is 50.0. The number of cyclic esters (lactones) is 1. The fourth-order valence-corrected chi connectivity index (χ4v) is 11.8. The summed E-state index contributed by atoms with van der Waals surface area (Å²) in [4.78, 5) is 54.7. The average Bonchev–Trinajstić information content (AvgIpc) is 3.31. The van der Waals surface area contributed by atoms with Gasteiger partial charge in [-0.25, -0.2) is 0 Å². The maximum absolute atomic E-state index is 14.0. The number of aliphatic hydroxyl groups excluding tert-OH is 2. The number of likely N-dealkylation sites (N-methyl/N-ethyl adjacent to an activating group) is 1. The number of ether oxygens (including phenoxy) is 10. The lowest BCUT2D eigenvalue weighted by molar-refractivity contribution is -0.341. The molecule has 74 heavy (non-hydrogen) atoms. The SMILES string of the molecule is [2H]C([2H])([2H])N(C)[C@@H]1[C@@H](OC(C)=O)[C@H](O[C@H]2[C@@H](CC=O)C[C@@H](C)C(=O)/C=C/C(C)=C/[C@H](CO[C@@H]3O[C@H](C)[C@@H](O)[C@@H](OC)[C@H]3OC)[C@@H](CC)OC(=O)C[C@@H](O)[C@@H]2C)O[C@H](C)[C@H]1O[C@H]1C[C@@](C)(O)[C@@H](O[Si](C)(C)C(C)(C)C)[C@H](C)O1. The minimum absolute atomic E-state index is 0.0466. The van der Waals surface area contributed by atoms with Crippen LogP contribution in [0.5, 0.6) is 0 Å². The van der Waals surface area contributed by atoms with Crippen LogP contribution in [0.3, 0.4) is 0 Å². The molecule has 4 rings (SSSR count). The van der Waals surface area contributed by atoms with Crippen LogP contribution in [0, 0.1) is 23.7 Å². The number of rotatable bonds is 16. The Bertz CT molecular complexity index is 2000. The van der Waals surface area contributed by atoms with Crippen molar-refractivity contribution < 1.29 is 90.4 Å². The van der Waals surface area contributed by atoms with Crippen LogP contribution in [0.4, 0.5) is 0 Å². The molecule has 20 heteroatoms. The fraction of sp³-hybridized carbons (Fsp3) is 0.852. The van der Waals surface area contributed by atoms with E-state index in [1.54, 1.807) is 54.5 Å². The van der Waals surface area contributed by atoms with Gasteiger partial charge in [0.05, 0.1) is 61.3 Å². The molecule has 0 unspecified atom stereocenters. The molecule has 0 saturated carbocycles. The topological polar surface area (TPSA) is 234 Å². The predicted molar refractivity (Wildman–Crippen MR) is 276 cm³/mol. The van der Waals surface area contributed by atoms with Crippen LogP contribution in [-0.2, 0) is 71.0 Å². The van der Waals surface area contributed by atoms with Gasteiger partial charge in [0.1, 0.15) is 36.8 Å². The molecule has 0 bridgehead atoms. The summed E-state index contributed by atoms with van der Waals surface area (Å²) in [6.07, 6.45) is -10.5. The Morgan fingerprint density at radius 3 is 2.16 bits per heavy atom. The monoisotopic (exact) mass is 1070 g/mol. The van der Waals surface area contributed by atoms with E-state index in [-0.39, 0.29) is 36.7 Å². The van der Waals surface area contributed by atoms with Gasteiger partial charge in [0.15, 0.2) is 39.1 Å². The summed E-state index contributed by atoms with van der Waals surface area (Å²) in [5.41, 5.74) is -0.820. The second-order valence-corrected chi connectivity index (χ2v) is 27.6. The van der Waals surface area contributed by atoms with Crippen molar-refractivity contribution in [2.45, 2.75) is 237 Å². The van der Waals surface area contributed by atoms with E-state index in [1.807, 2.05) is 13.0 Å². The Kier molecular flexibility index (Phi) is 21.9. The molecule has 3 saturated heterocycles. The standard InChI is InChI=1S/C54H93NO18Si/c1-19-40-37(28-65-51-49(64-16)48(63-15)44(61)32(5)67-51)24-29(2)20-21-38(58)30(3)25-36(22-23-56)45(31(4)39(59)26-41(60)70-40)72-52-47(69-35(8)57)43(55(13)14)46(33(6)68-52)71-42-27-54(12,62)50(34(7)66-42)73-74(17,18)53(9,10)11/h20-21,23-24,30-34,36-37,39-40,42-52,59,61-62H,19,22,25-28H2,1-18H3/b21-20+,29-24+/t30-,31+,32-,33-,34+,36+,37-,39-,40-,42+,43+,44-,45-,46-,47-,48-,49-,50+,51-,52+,54-/m1/s1/i13D3. The molecule has 3 fully saturated rings. The Balaban J connectivity index is 1.72. The molecule has 19 nitrogen and oxygen atoms in total. The van der Waals surface area contributed by atoms with Crippen LogP contribution in [0.2, 0.25) is 18.1 Å². The number of hydrogen-bond donors (Lipinski definition) is 3. The lowest BCUT2D eigenvalue weighted by Crippen LogP contribution is -2.66. The minimum atomic E-state index is -2.81. The summed E-state index contributed by atoms with van der Waals surface area (Å²) in [7, 11) is 1.81. The minimum Gasteiger partial charge on any atom is -0.462 e. The molecule has 4 heterocycles. The quantitative estimate of drug-likeness (QED) is 0.0993. The normalized spacial score (nSPS) is 42.5. The molecule has 0 amide bonds. The van der Waals surface area contributed by atoms with Gasteiger partial charge in [-0.2, -0.15) is 0 Å². The van der Waals surface area contributed by atoms with Crippen LogP contribution >= 0.6 is 0 Å². The van der Waals surface area contributed by atoms with Gasteiger partial charge in [-0.15, -0.1) is 0 Å². The van der Waals surface area contributed by atoms with Crippen LogP contribution in [0.25, 0.3) is 0 Å². The third-order valence-corrected chi connectivity index (χ3v) is 20.2. The largest absolute Gasteiger partial charge is 0.462 e. The van der Waals surface area contributed by atoms with Crippen molar-refractivity contribution in [1.29, 1.82) is 0 Å². The third-order valence-electron chi connectivity index (χ3n) is 15.7. The lowest BCUT2D eigenvalue weighted by Gasteiger charge is -2.52. The highest BCUT2D eigenvalue weighted by atomic mass is 28.4. The van der Waals surface area contributed by atoms with Crippen LogP contribution in [-0.4, -0.2) is 191 Å². The number of aldehydes is 1. The molecule has 0 aromatic carbocycles. The van der Waals surface area contributed by atoms with E-state index in [2.05, 4.69) is 33.9 Å². The summed E-state index contributed by atoms with van der Waals surface area (Å²) >= 11 is 0. The first-order valence-corrected chi connectivity index (χ1v) is 29.2. The van der Waals surface area contributed by atoms with Crippen LogP contribution in [0.1, 0.15) is 119 Å². The Morgan fingerprint density at radius 1 is 0.946 bits per heavy atom. The highest BCUT2D eigenvalue weighted by Crippen LogP contribution is 2.43. The second-order valence-electron chi connectivity index (χ2n) is 22.8. The van der Waals surface area contributed by atoms with Gasteiger partial charge in [0.25, 0.3) is 0 Å². The number of carbonyl (C=O) groups is 4. The second kappa shape index (κ2) is 27.4. The van der Waals surface area contributed by atoms with Crippen molar-refractivity contribution in [3.63, 3.8) is 0 Å². The lowest BCUT2D eigenvalue weighted by atomic mass is 9.79. The molecule has 0 aliphatic carbocycles. The van der Waals surface area contributed by atoms with Gasteiger partial charge < -0.3 is 76.8 Å². The van der Waals surface area contributed by atoms with E-state index in [4.69, 9.17) is 55.9 Å². The molecule has 21 atom stereocenters. The molecule has 4 aliphatic heterocycles. The number of methoxy groups -OCH3 is 2. The molecule has 0 radical (unpaired) electrons. The maximum Gasteiger partial charge on any atom is 0.308 e. The molecule has 0 aromatic rings. The summed E-state index contributed by atoms with van der Waals surface area (Å²) in [5, 5.41) is 34.6. The number of hydrogen-bond acceptors (Lipinski definition) is 19. The Labute approximate surface area is 445 Å². The van der Waals surface area contributed by atoms with Crippen LogP contribution in [0.15, 0.2) is 23.8 Å². The van der Waals surface area contributed by atoms with E-state index >= 15 is 0 Å². The van der Waals surface area contributed by atoms with Crippen molar-refractivity contribution in [2.75, 3.05) is 34.8 Å². The highest BCUT2D eigenvalue weighted by molar-refractivity contribution is 6.74. The number of esters is 2. The first kappa shape index (κ1) is 59.1. The van der Waals surface area contributed by atoms with Crippen molar-refractivity contribution >= 4 is 32.3 Å². The van der Waals surface area contributed by atoms with Crippen molar-refractivity contribution in [3.05, 3.63) is 23.8 Å². The van der Waals surface area contributed by atoms with E-state index in [1.165, 1.54) is 27.3 Å². The molecule has 426 valence electrons. The predicted octanol–water partition coefficient (Wildman–Crippen LogP) is 5.43. The molecular weight excluding hydrogens is 979 g/mol. The summed E-state index contributed by atoms with van der Waals surface area (Å²) < 4.78 is 94.4. The number of aliphatic hydroxyl groups is 3. The zero-order valence-corrected chi connectivity index (χ0v) is 48.0. The number of carbonyl (C=O) groups excluding carboxylic acids is 4. The van der Waals surface area contributed by atoms with Gasteiger partial charge >= 0.3 is 11.9 Å². The van der Waals surface area contributed by atoms with Gasteiger partial charge in [0.2, 0.25) is 0 Å². The van der Waals surface area contributed by atoms with Crippen molar-refractivity contribution in [3.8, 4) is 0 Å². The number of allylic oxidation sites excluding steroid dienone is 3. The maximum atomic E-state index is 14.0. The van der Waals surface area contributed by atoms with Crippen molar-refractivity contribution in [1.82, 2.24) is 4.90 Å². The van der Waals surface area contributed by atoms with Gasteiger partial charge in [-0.05, 0) is 91.6 Å². The first-order valence-electron chi connectivity index (χ1n) is 27.8. The van der Waals surface area contributed by atoms with Gasteiger partial charge in [-0.1, -0.05) is 59.3 Å². The average molecular weight is 1080 g/mol. The summed E-state index contributed by atoms with van der Waals surface area (Å²) in [6, 6.07) is -1.33. The van der Waals surface area contributed by atoms with Crippen LogP contribution < -0.4 is 0 Å². The molecule has 0 spiro atoms. The highest BCUT2D eigenvalue weighted by Gasteiger charge is 2.55. The summed E-state index contributed by atoms with van der Waals surface area (Å²) in [6.45, 7) is 22.3. The third kappa shape index (κ3) is 16.3. The zero-order chi connectivity index (χ0) is 58.3. The molecule has 0 aromatic heterocycles. The number of ketones is 1. The molecule has 3 N–H and O–H groups in total. The van der Waals surface area contributed by atoms with Crippen molar-refractivity contribution in [2.24, 2.45) is 23.7 Å². The van der Waals surface area contributed by atoms with Gasteiger partial charge in [-0.3, -0.25) is 14.4 Å². The van der Waals surface area contributed by atoms with E-state index < -0.39 is 161 Å². The summed E-state index contributed by atoms with van der Waals surface area (Å²) in [5.74, 6) is -5.03. The smallest absolute Gasteiger partial charge is 0.308 e. The number of nitrogens with zero attached hydrogens (tertiary/aromatic N) is 1. The van der Waals surface area contributed by atoms with E-state index in [9.17, 15) is 34.5 Å². The fourth-order valence-electron chi connectivity index (χ4n) is 10.4. The van der Waals surface area contributed by atoms with E-state index in [0.717, 1.165) is 11.8 Å². The Hall–Kier alpha value is -2.54. The molecule has 4 aliphatic rings. The first-order chi connectivity index (χ1) is 35.6. The Morgan fingerprint density at radius 2 is 1.59 bits per heavy atom. The molecular formula is C54H93NO18Si. The van der Waals surface area contributed by atoms with E-state index in [0.29, 0.717) is 18.3 Å². The van der Waals surface area contributed by atoms with Gasteiger partial charge in [0, 0.05) is 55.9 Å².